The maximum absolute atomic E-state index is 14.3. The minimum atomic E-state index is -4.70. The van der Waals surface area contributed by atoms with Gasteiger partial charge in [0.15, 0.2) is 17.0 Å². The molecule has 0 atom stereocenters. The molecule has 11 heteroatoms. The molecule has 1 aliphatic carbocycles. The highest BCUT2D eigenvalue weighted by atomic mass is 19.4. The zero-order chi connectivity index (χ0) is 26.6. The molecule has 6 rings (SSSR count). The van der Waals surface area contributed by atoms with Crippen LogP contribution in [0.15, 0.2) is 54.6 Å². The van der Waals surface area contributed by atoms with Gasteiger partial charge in [0.2, 0.25) is 0 Å². The summed E-state index contributed by atoms with van der Waals surface area (Å²) in [5.41, 5.74) is 0.976. The third-order valence-corrected chi connectivity index (χ3v) is 7.03. The van der Waals surface area contributed by atoms with Crippen molar-refractivity contribution in [1.29, 1.82) is 0 Å². The van der Waals surface area contributed by atoms with Crippen LogP contribution < -0.4 is 0 Å². The van der Waals surface area contributed by atoms with E-state index < -0.39 is 23.6 Å². The largest absolute Gasteiger partial charge is 0.433 e. The van der Waals surface area contributed by atoms with Crippen molar-refractivity contribution in [3.05, 3.63) is 88.5 Å². The van der Waals surface area contributed by atoms with Crippen LogP contribution in [0.1, 0.15) is 37.7 Å². The number of aryl methyl sites for hydroxylation is 1. The quantitative estimate of drug-likeness (QED) is 0.369. The van der Waals surface area contributed by atoms with E-state index in [9.17, 15) is 27.2 Å². The van der Waals surface area contributed by atoms with E-state index in [1.807, 2.05) is 12.1 Å². The average molecular weight is 523 g/mol. The molecular weight excluding hydrogens is 502 g/mol. The highest BCUT2D eigenvalue weighted by Gasteiger charge is 2.40. The number of carbonyl (C=O) groups is 2. The Balaban J connectivity index is 1.29. The standard InChI is InChI=1S/C27H21F4N5O2/c28-18-6-3-5-17(14-18)25(37)34-10-12-35(13-11-34)26(38)21-15-22-32-23-19-7-2-1-4-16(19)8-9-20(23)24(27(29,30)31)36(22)33-21/h1-7,14-15H,8-13H2. The molecule has 0 N–H and O–H groups in total. The summed E-state index contributed by atoms with van der Waals surface area (Å²) in [7, 11) is 0. The molecule has 1 aliphatic heterocycles. The Morgan fingerprint density at radius 3 is 2.26 bits per heavy atom. The van der Waals surface area contributed by atoms with Crippen molar-refractivity contribution >= 4 is 17.5 Å². The lowest BCUT2D eigenvalue weighted by Crippen LogP contribution is -2.50. The molecule has 3 heterocycles. The van der Waals surface area contributed by atoms with Crippen LogP contribution in [0.25, 0.3) is 16.9 Å². The minimum Gasteiger partial charge on any atom is -0.335 e. The first-order valence-corrected chi connectivity index (χ1v) is 12.1. The number of hydrogen-bond donors (Lipinski definition) is 0. The monoisotopic (exact) mass is 523 g/mol. The smallest absolute Gasteiger partial charge is 0.335 e. The molecule has 0 bridgehead atoms. The molecule has 0 unspecified atom stereocenters. The number of piperazine rings is 1. The number of aromatic nitrogens is 3. The number of nitrogens with zero attached hydrogens (tertiary/aromatic N) is 5. The summed E-state index contributed by atoms with van der Waals surface area (Å²) in [5, 5.41) is 4.05. The number of hydrogen-bond acceptors (Lipinski definition) is 4. The van der Waals surface area contributed by atoms with Gasteiger partial charge >= 0.3 is 6.18 Å². The van der Waals surface area contributed by atoms with Crippen LogP contribution in [0.3, 0.4) is 0 Å². The molecule has 2 aromatic carbocycles. The van der Waals surface area contributed by atoms with Crippen LogP contribution in [0.5, 0.6) is 0 Å². The van der Waals surface area contributed by atoms with Gasteiger partial charge in [-0.25, -0.2) is 13.9 Å². The van der Waals surface area contributed by atoms with E-state index >= 15 is 0 Å². The van der Waals surface area contributed by atoms with Gasteiger partial charge in [-0.05, 0) is 36.6 Å². The molecule has 38 heavy (non-hydrogen) atoms. The second kappa shape index (κ2) is 8.93. The Labute approximate surface area is 214 Å². The highest BCUT2D eigenvalue weighted by molar-refractivity contribution is 5.95. The zero-order valence-electron chi connectivity index (χ0n) is 20.0. The number of rotatable bonds is 2. The van der Waals surface area contributed by atoms with Crippen molar-refractivity contribution in [2.45, 2.75) is 19.0 Å². The van der Waals surface area contributed by atoms with E-state index in [2.05, 4.69) is 10.1 Å². The van der Waals surface area contributed by atoms with Gasteiger partial charge in [-0.3, -0.25) is 9.59 Å². The van der Waals surface area contributed by atoms with Gasteiger partial charge in [0.1, 0.15) is 5.82 Å². The summed E-state index contributed by atoms with van der Waals surface area (Å²) in [6.07, 6.45) is -4.09. The fourth-order valence-electron chi connectivity index (χ4n) is 5.20. The molecule has 2 amide bonds. The van der Waals surface area contributed by atoms with Crippen LogP contribution in [0.2, 0.25) is 0 Å². The Morgan fingerprint density at radius 2 is 1.55 bits per heavy atom. The Kier molecular flexibility index (Phi) is 5.66. The van der Waals surface area contributed by atoms with Crippen molar-refractivity contribution in [3.63, 3.8) is 0 Å². The van der Waals surface area contributed by atoms with E-state index in [0.29, 0.717) is 12.0 Å². The van der Waals surface area contributed by atoms with E-state index in [1.165, 1.54) is 34.1 Å². The molecule has 1 saturated heterocycles. The number of amides is 2. The molecule has 0 spiro atoms. The summed E-state index contributed by atoms with van der Waals surface area (Å²) in [6.45, 7) is 0.728. The number of carbonyl (C=O) groups excluding carboxylic acids is 2. The van der Waals surface area contributed by atoms with Crippen LogP contribution in [-0.2, 0) is 19.0 Å². The first-order valence-electron chi connectivity index (χ1n) is 12.1. The van der Waals surface area contributed by atoms with Gasteiger partial charge < -0.3 is 9.80 Å². The van der Waals surface area contributed by atoms with Crippen molar-refractivity contribution in [1.82, 2.24) is 24.4 Å². The third kappa shape index (κ3) is 4.07. The van der Waals surface area contributed by atoms with E-state index in [0.717, 1.165) is 16.1 Å². The molecule has 4 aromatic rings. The number of alkyl halides is 3. The van der Waals surface area contributed by atoms with Crippen molar-refractivity contribution in [3.8, 4) is 11.3 Å². The average Bonchev–Trinajstić information content (AvgIpc) is 3.34. The third-order valence-electron chi connectivity index (χ3n) is 7.03. The molecule has 2 aliphatic rings. The number of benzene rings is 2. The number of halogens is 4. The van der Waals surface area contributed by atoms with Gasteiger partial charge in [0.05, 0.1) is 5.69 Å². The lowest BCUT2D eigenvalue weighted by Gasteiger charge is -2.34. The molecule has 7 nitrogen and oxygen atoms in total. The Morgan fingerprint density at radius 1 is 0.842 bits per heavy atom. The van der Waals surface area contributed by atoms with E-state index in [-0.39, 0.29) is 66.7 Å². The van der Waals surface area contributed by atoms with Crippen molar-refractivity contribution in [2.24, 2.45) is 0 Å². The van der Waals surface area contributed by atoms with Crippen LogP contribution in [-0.4, -0.2) is 62.4 Å². The molecule has 194 valence electrons. The summed E-state index contributed by atoms with van der Waals surface area (Å²) in [4.78, 5) is 33.4. The van der Waals surface area contributed by atoms with Crippen LogP contribution in [0.4, 0.5) is 17.6 Å². The highest BCUT2D eigenvalue weighted by Crippen LogP contribution is 2.40. The van der Waals surface area contributed by atoms with E-state index in [4.69, 9.17) is 0 Å². The van der Waals surface area contributed by atoms with E-state index in [1.54, 1.807) is 12.1 Å². The maximum Gasteiger partial charge on any atom is 0.433 e. The van der Waals surface area contributed by atoms with Crippen molar-refractivity contribution in [2.75, 3.05) is 26.2 Å². The van der Waals surface area contributed by atoms with Gasteiger partial charge in [-0.2, -0.15) is 18.3 Å². The summed E-state index contributed by atoms with van der Waals surface area (Å²) >= 11 is 0. The second-order valence-electron chi connectivity index (χ2n) is 9.34. The predicted octanol–water partition coefficient (Wildman–Crippen LogP) is 4.25. The normalized spacial score (nSPS) is 15.4. The first-order chi connectivity index (χ1) is 18.2. The topological polar surface area (TPSA) is 70.8 Å². The summed E-state index contributed by atoms with van der Waals surface area (Å²) in [6, 6.07) is 13.9. The fraction of sp³-hybridized carbons (Fsp3) is 0.259. The minimum absolute atomic E-state index is 0.0592. The Hall–Kier alpha value is -4.28. The molecule has 0 radical (unpaired) electrons. The van der Waals surface area contributed by atoms with Gasteiger partial charge in [0, 0.05) is 48.9 Å². The Bertz CT molecular complexity index is 1590. The van der Waals surface area contributed by atoms with Crippen LogP contribution in [0, 0.1) is 5.82 Å². The second-order valence-corrected chi connectivity index (χ2v) is 9.34. The molecular formula is C27H21F4N5O2. The lowest BCUT2D eigenvalue weighted by molar-refractivity contribution is -0.143. The number of fused-ring (bicyclic) bond motifs is 4. The van der Waals surface area contributed by atoms with Gasteiger partial charge in [-0.15, -0.1) is 0 Å². The summed E-state index contributed by atoms with van der Waals surface area (Å²) < 4.78 is 57.1. The molecule has 1 fully saturated rings. The summed E-state index contributed by atoms with van der Waals surface area (Å²) in [5.74, 6) is -1.41. The van der Waals surface area contributed by atoms with Gasteiger partial charge in [0.25, 0.3) is 11.8 Å². The fourth-order valence-corrected chi connectivity index (χ4v) is 5.20. The maximum atomic E-state index is 14.3. The lowest BCUT2D eigenvalue weighted by atomic mass is 9.88. The van der Waals surface area contributed by atoms with Crippen molar-refractivity contribution < 1.29 is 27.2 Å². The first kappa shape index (κ1) is 24.1. The predicted molar refractivity (Wildman–Crippen MR) is 129 cm³/mol. The zero-order valence-corrected chi connectivity index (χ0v) is 20.0. The van der Waals surface area contributed by atoms with Crippen LogP contribution >= 0.6 is 0 Å². The molecule has 0 saturated carbocycles. The SMILES string of the molecule is O=C(c1cccc(F)c1)N1CCN(C(=O)c2cc3nc4c(c(C(F)(F)F)n3n2)CCc2ccccc2-4)CC1. The molecule has 2 aromatic heterocycles. The van der Waals surface area contributed by atoms with Gasteiger partial charge in [-0.1, -0.05) is 30.3 Å².